The van der Waals surface area contributed by atoms with Crippen LogP contribution in [0.4, 0.5) is 11.5 Å². The molecular formula is C15H14N4. The van der Waals surface area contributed by atoms with Crippen LogP contribution in [0.5, 0.6) is 0 Å². The summed E-state index contributed by atoms with van der Waals surface area (Å²) in [5.41, 5.74) is 2.82. The second kappa shape index (κ2) is 4.69. The molecule has 1 aromatic carbocycles. The van der Waals surface area contributed by atoms with Gasteiger partial charge in [0.25, 0.3) is 0 Å². The minimum atomic E-state index is 0.381. The predicted octanol–water partition coefficient (Wildman–Crippen LogP) is 2.68. The molecule has 4 nitrogen and oxygen atoms in total. The van der Waals surface area contributed by atoms with E-state index in [0.717, 1.165) is 18.7 Å². The molecule has 0 fully saturated rings. The van der Waals surface area contributed by atoms with Crippen LogP contribution in [0.25, 0.3) is 0 Å². The molecule has 0 saturated heterocycles. The van der Waals surface area contributed by atoms with Gasteiger partial charge in [-0.25, -0.2) is 9.97 Å². The number of hydrogen-bond acceptors (Lipinski definition) is 4. The molecule has 1 aromatic heterocycles. The third kappa shape index (κ3) is 2.04. The lowest BCUT2D eigenvalue weighted by Crippen LogP contribution is -2.31. The van der Waals surface area contributed by atoms with E-state index in [1.54, 1.807) is 12.4 Å². The highest BCUT2D eigenvalue weighted by molar-refractivity contribution is 5.68. The zero-order valence-corrected chi connectivity index (χ0v) is 10.7. The quantitative estimate of drug-likeness (QED) is 0.780. The monoisotopic (exact) mass is 250 g/mol. The highest BCUT2D eigenvalue weighted by atomic mass is 15.2. The Morgan fingerprint density at radius 2 is 2.05 bits per heavy atom. The van der Waals surface area contributed by atoms with Crippen LogP contribution in [0.3, 0.4) is 0 Å². The molecule has 1 unspecified atom stereocenters. The van der Waals surface area contributed by atoms with Crippen LogP contribution in [-0.2, 0) is 6.42 Å². The summed E-state index contributed by atoms with van der Waals surface area (Å²) in [5.74, 6) is 1.19. The molecule has 3 rings (SSSR count). The molecule has 19 heavy (non-hydrogen) atoms. The predicted molar refractivity (Wildman–Crippen MR) is 73.1 cm³/mol. The zero-order valence-electron chi connectivity index (χ0n) is 10.7. The van der Waals surface area contributed by atoms with Gasteiger partial charge < -0.3 is 4.90 Å². The number of para-hydroxylation sites is 1. The van der Waals surface area contributed by atoms with Crippen molar-refractivity contribution in [3.8, 4) is 6.07 Å². The first kappa shape index (κ1) is 11.7. The number of hydrogen-bond donors (Lipinski definition) is 0. The molecule has 4 heteroatoms. The highest BCUT2D eigenvalue weighted by Gasteiger charge is 2.25. The van der Waals surface area contributed by atoms with Crippen LogP contribution in [0.15, 0.2) is 36.7 Å². The fraction of sp³-hybridized carbons (Fsp3) is 0.267. The van der Waals surface area contributed by atoms with Gasteiger partial charge >= 0.3 is 0 Å². The van der Waals surface area contributed by atoms with Crippen molar-refractivity contribution < 1.29 is 0 Å². The molecule has 0 spiro atoms. The SMILES string of the molecule is CC1Cc2ccccc2N(c2nccnc2C#N)C1. The Bertz CT molecular complexity index is 645. The van der Waals surface area contributed by atoms with E-state index in [0.29, 0.717) is 17.4 Å². The summed E-state index contributed by atoms with van der Waals surface area (Å²) in [5, 5.41) is 9.18. The molecule has 1 atom stereocenters. The topological polar surface area (TPSA) is 52.8 Å². The normalized spacial score (nSPS) is 17.7. The Balaban J connectivity index is 2.13. The van der Waals surface area contributed by atoms with Gasteiger partial charge in [0.1, 0.15) is 6.07 Å². The highest BCUT2D eigenvalue weighted by Crippen LogP contribution is 2.34. The van der Waals surface area contributed by atoms with Gasteiger partial charge in [-0.15, -0.1) is 0 Å². The zero-order chi connectivity index (χ0) is 13.2. The Labute approximate surface area is 112 Å². The Kier molecular flexibility index (Phi) is 2.88. The van der Waals surface area contributed by atoms with E-state index in [1.165, 1.54) is 5.56 Å². The molecule has 1 aliphatic heterocycles. The lowest BCUT2D eigenvalue weighted by molar-refractivity contribution is 0.559. The van der Waals surface area contributed by atoms with Gasteiger partial charge in [-0.3, -0.25) is 0 Å². The van der Waals surface area contributed by atoms with Crippen molar-refractivity contribution in [1.29, 1.82) is 5.26 Å². The van der Waals surface area contributed by atoms with Gasteiger partial charge in [-0.2, -0.15) is 5.26 Å². The van der Waals surface area contributed by atoms with E-state index < -0.39 is 0 Å². The van der Waals surface area contributed by atoms with Gasteiger partial charge in [-0.1, -0.05) is 25.1 Å². The van der Waals surface area contributed by atoms with Gasteiger partial charge in [-0.05, 0) is 24.0 Å². The third-order valence-electron chi connectivity index (χ3n) is 3.39. The maximum atomic E-state index is 9.18. The maximum absolute atomic E-state index is 9.18. The standard InChI is InChI=1S/C15H14N4/c1-11-8-12-4-2-3-5-14(12)19(10-11)15-13(9-16)17-6-7-18-15/h2-7,11H,8,10H2,1H3. The fourth-order valence-electron chi connectivity index (χ4n) is 2.60. The van der Waals surface area contributed by atoms with Crippen LogP contribution < -0.4 is 4.90 Å². The number of rotatable bonds is 1. The summed E-state index contributed by atoms with van der Waals surface area (Å²) in [6.07, 6.45) is 4.26. The number of anilines is 2. The molecule has 0 bridgehead atoms. The summed E-state index contributed by atoms with van der Waals surface area (Å²) in [4.78, 5) is 10.6. The van der Waals surface area contributed by atoms with Crippen molar-refractivity contribution in [1.82, 2.24) is 9.97 Å². The molecule has 2 heterocycles. The number of aromatic nitrogens is 2. The van der Waals surface area contributed by atoms with Crippen molar-refractivity contribution in [2.24, 2.45) is 5.92 Å². The first-order valence-corrected chi connectivity index (χ1v) is 6.36. The van der Waals surface area contributed by atoms with Gasteiger partial charge in [0.15, 0.2) is 11.5 Å². The van der Waals surface area contributed by atoms with E-state index in [-0.39, 0.29) is 0 Å². The smallest absolute Gasteiger partial charge is 0.183 e. The number of nitriles is 1. The number of nitrogens with zero attached hydrogens (tertiary/aromatic N) is 4. The molecule has 0 amide bonds. The summed E-state index contributed by atoms with van der Waals surface area (Å²) in [6, 6.07) is 10.4. The Hall–Kier alpha value is -2.41. The van der Waals surface area contributed by atoms with Crippen molar-refractivity contribution in [2.45, 2.75) is 13.3 Å². The summed E-state index contributed by atoms with van der Waals surface area (Å²) in [6.45, 7) is 3.08. The van der Waals surface area contributed by atoms with Crippen molar-refractivity contribution in [3.63, 3.8) is 0 Å². The molecular weight excluding hydrogens is 236 g/mol. The van der Waals surface area contributed by atoms with Crippen molar-refractivity contribution in [3.05, 3.63) is 47.9 Å². The van der Waals surface area contributed by atoms with E-state index in [4.69, 9.17) is 0 Å². The van der Waals surface area contributed by atoms with Crippen LogP contribution in [-0.4, -0.2) is 16.5 Å². The lowest BCUT2D eigenvalue weighted by atomic mass is 9.94. The molecule has 0 radical (unpaired) electrons. The molecule has 0 saturated carbocycles. The second-order valence-electron chi connectivity index (χ2n) is 4.89. The van der Waals surface area contributed by atoms with Crippen molar-refractivity contribution in [2.75, 3.05) is 11.4 Å². The van der Waals surface area contributed by atoms with Gasteiger partial charge in [0.05, 0.1) is 0 Å². The Morgan fingerprint density at radius 3 is 2.89 bits per heavy atom. The average Bonchev–Trinajstić information content (AvgIpc) is 2.46. The largest absolute Gasteiger partial charge is 0.323 e. The second-order valence-corrected chi connectivity index (χ2v) is 4.89. The average molecular weight is 250 g/mol. The molecule has 0 N–H and O–H groups in total. The maximum Gasteiger partial charge on any atom is 0.183 e. The Morgan fingerprint density at radius 1 is 1.26 bits per heavy atom. The molecule has 2 aromatic rings. The third-order valence-corrected chi connectivity index (χ3v) is 3.39. The summed E-state index contributed by atoms with van der Waals surface area (Å²) >= 11 is 0. The first-order chi connectivity index (χ1) is 9.29. The first-order valence-electron chi connectivity index (χ1n) is 6.36. The van der Waals surface area contributed by atoms with Crippen LogP contribution in [0, 0.1) is 17.2 Å². The summed E-state index contributed by atoms with van der Waals surface area (Å²) in [7, 11) is 0. The van der Waals surface area contributed by atoms with E-state index in [9.17, 15) is 5.26 Å². The van der Waals surface area contributed by atoms with Crippen molar-refractivity contribution >= 4 is 11.5 Å². The molecule has 1 aliphatic rings. The van der Waals surface area contributed by atoms with E-state index >= 15 is 0 Å². The lowest BCUT2D eigenvalue weighted by Gasteiger charge is -2.34. The molecule has 0 aliphatic carbocycles. The van der Waals surface area contributed by atoms with Crippen LogP contribution in [0.1, 0.15) is 18.2 Å². The number of fused-ring (bicyclic) bond motifs is 1. The minimum absolute atomic E-state index is 0.381. The molecule has 94 valence electrons. The van der Waals surface area contributed by atoms with Gasteiger partial charge in [0, 0.05) is 24.6 Å². The number of benzene rings is 1. The summed E-state index contributed by atoms with van der Waals surface area (Å²) < 4.78 is 0. The van der Waals surface area contributed by atoms with E-state index in [1.807, 2.05) is 6.07 Å². The van der Waals surface area contributed by atoms with E-state index in [2.05, 4.69) is 46.1 Å². The van der Waals surface area contributed by atoms with Crippen LogP contribution in [0.2, 0.25) is 0 Å². The van der Waals surface area contributed by atoms with Crippen LogP contribution >= 0.6 is 0 Å². The minimum Gasteiger partial charge on any atom is -0.323 e. The fourth-order valence-corrected chi connectivity index (χ4v) is 2.60. The van der Waals surface area contributed by atoms with Gasteiger partial charge in [0.2, 0.25) is 0 Å².